The van der Waals surface area contributed by atoms with Crippen molar-refractivity contribution in [3.63, 3.8) is 0 Å². The summed E-state index contributed by atoms with van der Waals surface area (Å²) in [5.41, 5.74) is 0. The molecule has 0 saturated carbocycles. The van der Waals surface area contributed by atoms with Gasteiger partial charge < -0.3 is 20.2 Å². The van der Waals surface area contributed by atoms with Crippen LogP contribution in [0.4, 0.5) is 4.79 Å². The lowest BCUT2D eigenvalue weighted by molar-refractivity contribution is -0.139. The van der Waals surface area contributed by atoms with Crippen molar-refractivity contribution >= 4 is 12.0 Å². The van der Waals surface area contributed by atoms with Crippen LogP contribution >= 0.6 is 0 Å². The number of carboxylic acids is 1. The van der Waals surface area contributed by atoms with Crippen molar-refractivity contribution in [2.45, 2.75) is 25.8 Å². The van der Waals surface area contributed by atoms with E-state index in [1.165, 1.54) is 4.90 Å². The van der Waals surface area contributed by atoms with Gasteiger partial charge in [0, 0.05) is 13.6 Å². The molecule has 6 heteroatoms. The molecule has 0 aromatic heterocycles. The summed E-state index contributed by atoms with van der Waals surface area (Å²) in [6, 6.07) is -1.14. The molecule has 0 rings (SSSR count). The second kappa shape index (κ2) is 7.89. The van der Waals surface area contributed by atoms with Gasteiger partial charge in [-0.3, -0.25) is 0 Å². The minimum absolute atomic E-state index is 0.335. The summed E-state index contributed by atoms with van der Waals surface area (Å²) < 4.78 is 0. The third kappa shape index (κ3) is 6.78. The molecule has 0 unspecified atom stereocenters. The molecule has 1 atom stereocenters. The molecule has 0 aromatic carbocycles. The molecule has 0 aliphatic heterocycles. The molecule has 2 N–H and O–H groups in total. The molecule has 0 aliphatic rings. The number of carbonyl (C=O) groups is 2. The first-order chi connectivity index (χ1) is 7.88. The van der Waals surface area contributed by atoms with E-state index in [0.29, 0.717) is 13.0 Å². The highest BCUT2D eigenvalue weighted by atomic mass is 16.4. The molecule has 0 heterocycles. The van der Waals surface area contributed by atoms with Crippen molar-refractivity contribution in [2.75, 3.05) is 34.2 Å². The van der Waals surface area contributed by atoms with Crippen molar-refractivity contribution in [1.82, 2.24) is 15.1 Å². The molecule has 100 valence electrons. The Labute approximate surface area is 103 Å². The quantitative estimate of drug-likeness (QED) is 0.683. The maximum absolute atomic E-state index is 11.6. The molecule has 17 heavy (non-hydrogen) atoms. The SMILES string of the molecule is CC[C@H](NC(=O)N(C)CCCN(C)C)C(=O)O. The maximum Gasteiger partial charge on any atom is 0.326 e. The normalized spacial score (nSPS) is 12.3. The van der Waals surface area contributed by atoms with Gasteiger partial charge in [0.1, 0.15) is 6.04 Å². The van der Waals surface area contributed by atoms with Crippen molar-refractivity contribution in [2.24, 2.45) is 0 Å². The van der Waals surface area contributed by atoms with E-state index in [-0.39, 0.29) is 6.03 Å². The van der Waals surface area contributed by atoms with E-state index in [9.17, 15) is 9.59 Å². The Balaban J connectivity index is 4.00. The fraction of sp³-hybridized carbons (Fsp3) is 0.818. The van der Waals surface area contributed by atoms with Gasteiger partial charge in [-0.2, -0.15) is 0 Å². The van der Waals surface area contributed by atoms with Crippen LogP contribution in [-0.2, 0) is 4.79 Å². The van der Waals surface area contributed by atoms with Gasteiger partial charge in [0.25, 0.3) is 0 Å². The van der Waals surface area contributed by atoms with Crippen molar-refractivity contribution in [3.05, 3.63) is 0 Å². The third-order valence-electron chi connectivity index (χ3n) is 2.45. The second-order valence-corrected chi connectivity index (χ2v) is 4.33. The molecule has 2 amide bonds. The summed E-state index contributed by atoms with van der Waals surface area (Å²) in [5, 5.41) is 11.3. The summed E-state index contributed by atoms with van der Waals surface area (Å²) >= 11 is 0. The van der Waals surface area contributed by atoms with Gasteiger partial charge in [-0.05, 0) is 33.5 Å². The minimum atomic E-state index is -0.998. The topological polar surface area (TPSA) is 72.9 Å². The Kier molecular flexibility index (Phi) is 7.29. The van der Waals surface area contributed by atoms with Gasteiger partial charge in [0.05, 0.1) is 0 Å². The minimum Gasteiger partial charge on any atom is -0.480 e. The zero-order chi connectivity index (χ0) is 13.4. The number of hydrogen-bond donors (Lipinski definition) is 2. The third-order valence-corrected chi connectivity index (χ3v) is 2.45. The molecule has 6 nitrogen and oxygen atoms in total. The lowest BCUT2D eigenvalue weighted by atomic mass is 10.2. The van der Waals surface area contributed by atoms with E-state index < -0.39 is 12.0 Å². The van der Waals surface area contributed by atoms with Gasteiger partial charge in [-0.15, -0.1) is 0 Å². The van der Waals surface area contributed by atoms with Crippen LogP contribution in [0.3, 0.4) is 0 Å². The van der Waals surface area contributed by atoms with Crippen LogP contribution < -0.4 is 5.32 Å². The summed E-state index contributed by atoms with van der Waals surface area (Å²) in [6.45, 7) is 3.24. The van der Waals surface area contributed by atoms with Gasteiger partial charge in [0.15, 0.2) is 0 Å². The first-order valence-electron chi connectivity index (χ1n) is 5.77. The Morgan fingerprint density at radius 1 is 1.24 bits per heavy atom. The summed E-state index contributed by atoms with van der Waals surface area (Å²) in [6.07, 6.45) is 1.24. The number of urea groups is 1. The Morgan fingerprint density at radius 2 is 1.82 bits per heavy atom. The fourth-order valence-corrected chi connectivity index (χ4v) is 1.32. The van der Waals surface area contributed by atoms with Crippen LogP contribution in [0.2, 0.25) is 0 Å². The molecule has 0 aliphatic carbocycles. The number of amides is 2. The first-order valence-corrected chi connectivity index (χ1v) is 5.77. The maximum atomic E-state index is 11.6. The van der Waals surface area contributed by atoms with Crippen molar-refractivity contribution < 1.29 is 14.7 Å². The number of aliphatic carboxylic acids is 1. The van der Waals surface area contributed by atoms with Crippen molar-refractivity contribution in [1.29, 1.82) is 0 Å². The number of carbonyl (C=O) groups excluding carboxylic acids is 1. The predicted molar refractivity (Wildman–Crippen MR) is 66.0 cm³/mol. The number of hydrogen-bond acceptors (Lipinski definition) is 3. The summed E-state index contributed by atoms with van der Waals surface area (Å²) in [5.74, 6) is -0.998. The molecule has 0 bridgehead atoms. The Morgan fingerprint density at radius 3 is 2.24 bits per heavy atom. The zero-order valence-electron chi connectivity index (χ0n) is 11.1. The zero-order valence-corrected chi connectivity index (χ0v) is 11.1. The number of carboxylic acid groups (broad SMARTS) is 1. The van der Waals surface area contributed by atoms with E-state index in [0.717, 1.165) is 13.0 Å². The lowest BCUT2D eigenvalue weighted by Gasteiger charge is -2.21. The average Bonchev–Trinajstić information content (AvgIpc) is 2.24. The molecule has 0 radical (unpaired) electrons. The summed E-state index contributed by atoms with van der Waals surface area (Å²) in [7, 11) is 5.61. The van der Waals surface area contributed by atoms with Gasteiger partial charge in [0.2, 0.25) is 0 Å². The number of rotatable bonds is 7. The second-order valence-electron chi connectivity index (χ2n) is 4.33. The van der Waals surface area contributed by atoms with Crippen LogP contribution in [0.5, 0.6) is 0 Å². The van der Waals surface area contributed by atoms with E-state index in [4.69, 9.17) is 5.11 Å². The molecular formula is C11H23N3O3. The van der Waals surface area contributed by atoms with Crippen LogP contribution in [0.15, 0.2) is 0 Å². The van der Waals surface area contributed by atoms with E-state index >= 15 is 0 Å². The highest BCUT2D eigenvalue weighted by molar-refractivity contribution is 5.82. The van der Waals surface area contributed by atoms with Gasteiger partial charge >= 0.3 is 12.0 Å². The van der Waals surface area contributed by atoms with Gasteiger partial charge in [-0.25, -0.2) is 9.59 Å². The molecule has 0 spiro atoms. The monoisotopic (exact) mass is 245 g/mol. The predicted octanol–water partition coefficient (Wildman–Crippen LogP) is 0.443. The fourth-order valence-electron chi connectivity index (χ4n) is 1.32. The average molecular weight is 245 g/mol. The summed E-state index contributed by atoms with van der Waals surface area (Å²) in [4.78, 5) is 25.9. The van der Waals surface area contributed by atoms with E-state index in [1.807, 2.05) is 19.0 Å². The van der Waals surface area contributed by atoms with Crippen LogP contribution in [-0.4, -0.2) is 67.2 Å². The number of nitrogens with zero attached hydrogens (tertiary/aromatic N) is 2. The highest BCUT2D eigenvalue weighted by Crippen LogP contribution is 1.95. The van der Waals surface area contributed by atoms with E-state index in [2.05, 4.69) is 5.32 Å². The highest BCUT2D eigenvalue weighted by Gasteiger charge is 2.19. The molecular weight excluding hydrogens is 222 g/mol. The number of nitrogens with one attached hydrogen (secondary N) is 1. The standard InChI is InChI=1S/C11H23N3O3/c1-5-9(10(15)16)12-11(17)14(4)8-6-7-13(2)3/h9H,5-8H2,1-4H3,(H,12,17)(H,15,16)/t9-/m0/s1. The molecule has 0 aromatic rings. The molecule has 0 saturated heterocycles. The first kappa shape index (κ1) is 15.7. The lowest BCUT2D eigenvalue weighted by Crippen LogP contribution is -2.46. The smallest absolute Gasteiger partial charge is 0.326 e. The molecule has 0 fully saturated rings. The van der Waals surface area contributed by atoms with Crippen LogP contribution in [0, 0.1) is 0 Å². The van der Waals surface area contributed by atoms with Gasteiger partial charge in [-0.1, -0.05) is 6.92 Å². The van der Waals surface area contributed by atoms with Crippen LogP contribution in [0.1, 0.15) is 19.8 Å². The Bertz CT molecular complexity index is 256. The largest absolute Gasteiger partial charge is 0.480 e. The van der Waals surface area contributed by atoms with Crippen molar-refractivity contribution in [3.8, 4) is 0 Å². The Hall–Kier alpha value is -1.30. The van der Waals surface area contributed by atoms with E-state index in [1.54, 1.807) is 14.0 Å². The van der Waals surface area contributed by atoms with Crippen LogP contribution in [0.25, 0.3) is 0 Å².